The van der Waals surface area contributed by atoms with Crippen LogP contribution >= 0.6 is 11.8 Å². The number of furan rings is 1. The first-order valence-electron chi connectivity index (χ1n) is 10.3. The van der Waals surface area contributed by atoms with Crippen molar-refractivity contribution >= 4 is 23.6 Å². The molecule has 0 unspecified atom stereocenters. The van der Waals surface area contributed by atoms with Crippen LogP contribution in [0.25, 0.3) is 0 Å². The topological polar surface area (TPSA) is 80.4 Å². The number of nitrogens with zero attached hydrogens (tertiary/aromatic N) is 3. The van der Waals surface area contributed by atoms with E-state index in [2.05, 4.69) is 10.4 Å². The number of hydrogen-bond acceptors (Lipinski definition) is 5. The fraction of sp³-hybridized carbons (Fsp3) is 0.571. The van der Waals surface area contributed by atoms with Crippen LogP contribution in [0.5, 0.6) is 0 Å². The average molecular weight is 417 g/mol. The molecule has 3 heterocycles. The Labute approximate surface area is 175 Å². The molecule has 156 valence electrons. The number of thioether (sulfide) groups is 1. The minimum absolute atomic E-state index is 0.0225. The van der Waals surface area contributed by atoms with E-state index in [1.807, 2.05) is 20.0 Å². The molecule has 1 aliphatic heterocycles. The van der Waals surface area contributed by atoms with E-state index < -0.39 is 6.04 Å². The number of rotatable bonds is 5. The van der Waals surface area contributed by atoms with Gasteiger partial charge in [0.1, 0.15) is 16.8 Å². The molecule has 2 amide bonds. The van der Waals surface area contributed by atoms with E-state index in [0.717, 1.165) is 29.1 Å². The summed E-state index contributed by atoms with van der Waals surface area (Å²) < 4.78 is 7.14. The van der Waals surface area contributed by atoms with E-state index in [-0.39, 0.29) is 11.8 Å². The Kier molecular flexibility index (Phi) is 5.99. The van der Waals surface area contributed by atoms with Gasteiger partial charge < -0.3 is 14.6 Å². The number of amides is 2. The summed E-state index contributed by atoms with van der Waals surface area (Å²) in [5.74, 6) is 1.33. The van der Waals surface area contributed by atoms with Crippen molar-refractivity contribution in [3.8, 4) is 0 Å². The van der Waals surface area contributed by atoms with Crippen LogP contribution in [0, 0.1) is 12.8 Å². The molecule has 1 saturated carbocycles. The van der Waals surface area contributed by atoms with Crippen LogP contribution in [0.15, 0.2) is 27.8 Å². The van der Waals surface area contributed by atoms with Crippen molar-refractivity contribution in [3.63, 3.8) is 0 Å². The highest BCUT2D eigenvalue weighted by Crippen LogP contribution is 2.38. The van der Waals surface area contributed by atoms with Gasteiger partial charge in [0.2, 0.25) is 11.8 Å². The van der Waals surface area contributed by atoms with Crippen LogP contribution < -0.4 is 5.32 Å². The standard InChI is InChI=1S/C21H28N4O3S/c1-14-18-19(20(27)22-11-16-9-6-10-28-16)25(12-15-7-4-3-5-8-15)17(26)13-29-21(18)24(2)23-14/h6,9-10,15,19H,3-5,7-8,11-13H2,1-2H3,(H,22,27)/t19-/m1/s1. The van der Waals surface area contributed by atoms with Crippen molar-refractivity contribution in [1.82, 2.24) is 20.0 Å². The molecule has 0 aromatic carbocycles. The van der Waals surface area contributed by atoms with Gasteiger partial charge in [-0.3, -0.25) is 14.3 Å². The highest BCUT2D eigenvalue weighted by molar-refractivity contribution is 8.00. The van der Waals surface area contributed by atoms with E-state index in [9.17, 15) is 9.59 Å². The highest BCUT2D eigenvalue weighted by Gasteiger charge is 2.39. The zero-order valence-corrected chi connectivity index (χ0v) is 17.8. The Bertz CT molecular complexity index is 871. The Morgan fingerprint density at radius 1 is 1.34 bits per heavy atom. The van der Waals surface area contributed by atoms with Crippen LogP contribution in [-0.2, 0) is 23.2 Å². The summed E-state index contributed by atoms with van der Waals surface area (Å²) in [6.45, 7) is 2.85. The average Bonchev–Trinajstić information content (AvgIpc) is 3.29. The second kappa shape index (κ2) is 8.65. The van der Waals surface area contributed by atoms with Crippen molar-refractivity contribution in [3.05, 3.63) is 35.4 Å². The predicted octanol–water partition coefficient (Wildman–Crippen LogP) is 3.19. The summed E-state index contributed by atoms with van der Waals surface area (Å²) in [6, 6.07) is 2.97. The first-order chi connectivity index (χ1) is 14.0. The molecule has 0 saturated heterocycles. The van der Waals surface area contributed by atoms with Crippen molar-refractivity contribution < 1.29 is 14.0 Å². The molecule has 29 heavy (non-hydrogen) atoms. The Morgan fingerprint density at radius 3 is 2.86 bits per heavy atom. The third kappa shape index (κ3) is 4.22. The van der Waals surface area contributed by atoms with Gasteiger partial charge in [-0.15, -0.1) is 0 Å². The van der Waals surface area contributed by atoms with Crippen molar-refractivity contribution in [1.29, 1.82) is 0 Å². The van der Waals surface area contributed by atoms with Gasteiger partial charge in [0.15, 0.2) is 0 Å². The molecular weight excluding hydrogens is 388 g/mol. The minimum atomic E-state index is -0.655. The predicted molar refractivity (Wildman–Crippen MR) is 110 cm³/mol. The Hall–Kier alpha value is -2.22. The van der Waals surface area contributed by atoms with Crippen LogP contribution in [0.4, 0.5) is 0 Å². The number of carbonyl (C=O) groups excluding carboxylic acids is 2. The van der Waals surface area contributed by atoms with Gasteiger partial charge in [0.05, 0.1) is 24.3 Å². The SMILES string of the molecule is Cc1nn(C)c2c1[C@H](C(=O)NCc1ccco1)N(CC1CCCCC1)C(=O)CS2. The summed E-state index contributed by atoms with van der Waals surface area (Å²) >= 11 is 1.48. The molecule has 2 aromatic rings. The highest BCUT2D eigenvalue weighted by atomic mass is 32.2. The van der Waals surface area contributed by atoms with Gasteiger partial charge in [0, 0.05) is 19.2 Å². The quantitative estimate of drug-likeness (QED) is 0.810. The smallest absolute Gasteiger partial charge is 0.248 e. The Balaban J connectivity index is 1.65. The van der Waals surface area contributed by atoms with E-state index in [0.29, 0.717) is 30.5 Å². The molecule has 4 rings (SSSR count). The maximum atomic E-state index is 13.4. The first-order valence-corrected chi connectivity index (χ1v) is 11.3. The molecule has 7 nitrogen and oxygen atoms in total. The number of carbonyl (C=O) groups is 2. The molecule has 1 N–H and O–H groups in total. The second-order valence-electron chi connectivity index (χ2n) is 7.97. The molecule has 2 aromatic heterocycles. The summed E-state index contributed by atoms with van der Waals surface area (Å²) in [5.41, 5.74) is 1.66. The molecule has 8 heteroatoms. The molecule has 1 atom stereocenters. The third-order valence-electron chi connectivity index (χ3n) is 5.90. The number of hydrogen-bond donors (Lipinski definition) is 1. The summed E-state index contributed by atoms with van der Waals surface area (Å²) in [7, 11) is 1.87. The number of nitrogens with one attached hydrogen (secondary N) is 1. The van der Waals surface area contributed by atoms with E-state index >= 15 is 0 Å². The van der Waals surface area contributed by atoms with E-state index in [4.69, 9.17) is 4.42 Å². The molecule has 2 aliphatic rings. The number of fused-ring (bicyclic) bond motifs is 1. The van der Waals surface area contributed by atoms with Crippen LogP contribution in [0.1, 0.15) is 55.2 Å². The monoisotopic (exact) mass is 416 g/mol. The molecular formula is C21H28N4O3S. The van der Waals surface area contributed by atoms with Gasteiger partial charge in [-0.05, 0) is 37.8 Å². The van der Waals surface area contributed by atoms with E-state index in [1.165, 1.54) is 31.0 Å². The molecule has 1 fully saturated rings. The summed E-state index contributed by atoms with van der Waals surface area (Å²) in [5, 5.41) is 8.42. The van der Waals surface area contributed by atoms with Crippen molar-refractivity contribution in [2.24, 2.45) is 13.0 Å². The van der Waals surface area contributed by atoms with Gasteiger partial charge in [-0.25, -0.2) is 0 Å². The van der Waals surface area contributed by atoms with Gasteiger partial charge in [0.25, 0.3) is 0 Å². The van der Waals surface area contributed by atoms with Gasteiger partial charge in [-0.2, -0.15) is 5.10 Å². The lowest BCUT2D eigenvalue weighted by molar-refractivity contribution is -0.140. The largest absolute Gasteiger partial charge is 0.467 e. The minimum Gasteiger partial charge on any atom is -0.467 e. The van der Waals surface area contributed by atoms with Gasteiger partial charge >= 0.3 is 0 Å². The van der Waals surface area contributed by atoms with Crippen LogP contribution in [-0.4, -0.2) is 38.8 Å². The van der Waals surface area contributed by atoms with E-state index in [1.54, 1.807) is 21.9 Å². The second-order valence-corrected chi connectivity index (χ2v) is 8.93. The Morgan fingerprint density at radius 2 is 2.14 bits per heavy atom. The normalized spacial score (nSPS) is 20.4. The molecule has 0 radical (unpaired) electrons. The lowest BCUT2D eigenvalue weighted by Crippen LogP contribution is -2.46. The fourth-order valence-corrected chi connectivity index (χ4v) is 5.53. The third-order valence-corrected chi connectivity index (χ3v) is 7.05. The van der Waals surface area contributed by atoms with Crippen molar-refractivity contribution in [2.45, 2.75) is 56.6 Å². The first kappa shape index (κ1) is 20.1. The molecule has 0 bridgehead atoms. The maximum absolute atomic E-state index is 13.4. The summed E-state index contributed by atoms with van der Waals surface area (Å²) in [6.07, 6.45) is 7.50. The lowest BCUT2D eigenvalue weighted by atomic mass is 9.88. The molecule has 1 aliphatic carbocycles. The molecule has 0 spiro atoms. The fourth-order valence-electron chi connectivity index (χ4n) is 4.46. The zero-order chi connectivity index (χ0) is 20.4. The van der Waals surface area contributed by atoms with Crippen LogP contribution in [0.3, 0.4) is 0 Å². The maximum Gasteiger partial charge on any atom is 0.248 e. The zero-order valence-electron chi connectivity index (χ0n) is 17.0. The van der Waals surface area contributed by atoms with Gasteiger partial charge in [-0.1, -0.05) is 31.0 Å². The lowest BCUT2D eigenvalue weighted by Gasteiger charge is -2.34. The number of aryl methyl sites for hydroxylation is 2. The number of aromatic nitrogens is 2. The summed E-state index contributed by atoms with van der Waals surface area (Å²) in [4.78, 5) is 28.3. The van der Waals surface area contributed by atoms with Crippen LogP contribution in [0.2, 0.25) is 0 Å². The van der Waals surface area contributed by atoms with Crippen molar-refractivity contribution in [2.75, 3.05) is 12.3 Å².